The van der Waals surface area contributed by atoms with Crippen molar-refractivity contribution >= 4 is 27.5 Å². The maximum absolute atomic E-state index is 12.6. The number of hydrogen-bond acceptors (Lipinski definition) is 6. The van der Waals surface area contributed by atoms with Crippen LogP contribution in [0.5, 0.6) is 5.88 Å². The number of benzene rings is 1. The smallest absolute Gasteiger partial charge is 0.392 e. The van der Waals surface area contributed by atoms with Gasteiger partial charge in [-0.1, -0.05) is 29.8 Å². The SMILES string of the molecule is O=C(NS(=O)(=O)c1ccccc1)c1ccc(-n2ccc(OCCC3CC3C(F)(F)F)n2)nc1Cl. The third-order valence-corrected chi connectivity index (χ3v) is 6.88. The summed E-state index contributed by atoms with van der Waals surface area (Å²) in [7, 11) is -4.09. The Morgan fingerprint density at radius 3 is 2.56 bits per heavy atom. The number of hydrogen-bond donors (Lipinski definition) is 1. The van der Waals surface area contributed by atoms with Gasteiger partial charge < -0.3 is 4.74 Å². The molecule has 1 aliphatic carbocycles. The molecule has 1 saturated carbocycles. The van der Waals surface area contributed by atoms with Gasteiger partial charge in [0, 0.05) is 12.3 Å². The van der Waals surface area contributed by atoms with Crippen molar-refractivity contribution in [1.29, 1.82) is 0 Å². The number of rotatable bonds is 8. The van der Waals surface area contributed by atoms with Gasteiger partial charge in [-0.05, 0) is 43.0 Å². The quantitative estimate of drug-likeness (QED) is 0.456. The molecular formula is C21H18ClF3N4O4S. The molecule has 1 fully saturated rings. The Balaban J connectivity index is 1.37. The van der Waals surface area contributed by atoms with E-state index in [9.17, 15) is 26.4 Å². The van der Waals surface area contributed by atoms with Crippen LogP contribution in [0.25, 0.3) is 5.82 Å². The van der Waals surface area contributed by atoms with E-state index in [0.717, 1.165) is 0 Å². The topological polar surface area (TPSA) is 103 Å². The first-order valence-corrected chi connectivity index (χ1v) is 11.9. The molecule has 1 aromatic carbocycles. The first-order valence-electron chi connectivity index (χ1n) is 10.1. The van der Waals surface area contributed by atoms with E-state index in [1.807, 2.05) is 4.72 Å². The number of pyridine rings is 1. The molecule has 0 spiro atoms. The number of halogens is 4. The molecule has 34 heavy (non-hydrogen) atoms. The molecule has 180 valence electrons. The first-order chi connectivity index (χ1) is 16.0. The molecule has 1 aliphatic rings. The van der Waals surface area contributed by atoms with Crippen LogP contribution >= 0.6 is 11.6 Å². The Labute approximate surface area is 197 Å². The van der Waals surface area contributed by atoms with Gasteiger partial charge in [0.25, 0.3) is 15.9 Å². The van der Waals surface area contributed by atoms with Crippen LogP contribution in [0.2, 0.25) is 5.15 Å². The lowest BCUT2D eigenvalue weighted by molar-refractivity contribution is -0.151. The maximum Gasteiger partial charge on any atom is 0.392 e. The van der Waals surface area contributed by atoms with E-state index in [1.165, 1.54) is 53.3 Å². The molecule has 2 heterocycles. The molecule has 3 aromatic rings. The van der Waals surface area contributed by atoms with E-state index >= 15 is 0 Å². The molecule has 13 heteroatoms. The van der Waals surface area contributed by atoms with E-state index < -0.39 is 33.9 Å². The fraction of sp³-hybridized carbons (Fsp3) is 0.286. The van der Waals surface area contributed by atoms with Gasteiger partial charge in [-0.15, -0.1) is 5.10 Å². The van der Waals surface area contributed by atoms with Gasteiger partial charge >= 0.3 is 6.18 Å². The third kappa shape index (κ3) is 5.50. The average Bonchev–Trinajstić information content (AvgIpc) is 3.42. The summed E-state index contributed by atoms with van der Waals surface area (Å²) in [4.78, 5) is 16.4. The fourth-order valence-electron chi connectivity index (χ4n) is 3.35. The second-order valence-electron chi connectivity index (χ2n) is 7.64. The van der Waals surface area contributed by atoms with Gasteiger partial charge in [0.15, 0.2) is 5.82 Å². The van der Waals surface area contributed by atoms with Crippen LogP contribution in [0.3, 0.4) is 0 Å². The van der Waals surface area contributed by atoms with Crippen molar-refractivity contribution in [2.75, 3.05) is 6.61 Å². The third-order valence-electron chi connectivity index (χ3n) is 5.24. The van der Waals surface area contributed by atoms with Gasteiger partial charge in [0.05, 0.1) is 23.0 Å². The molecule has 1 N–H and O–H groups in total. The van der Waals surface area contributed by atoms with Gasteiger partial charge in [0.2, 0.25) is 5.88 Å². The zero-order valence-electron chi connectivity index (χ0n) is 17.4. The van der Waals surface area contributed by atoms with Gasteiger partial charge in [-0.3, -0.25) is 4.79 Å². The van der Waals surface area contributed by atoms with Crippen LogP contribution in [0, 0.1) is 11.8 Å². The Hall–Kier alpha value is -3.12. The van der Waals surface area contributed by atoms with Crippen LogP contribution in [0.15, 0.2) is 59.6 Å². The lowest BCUT2D eigenvalue weighted by atomic mass is 10.2. The summed E-state index contributed by atoms with van der Waals surface area (Å²) in [5, 5.41) is 3.89. The molecule has 0 aliphatic heterocycles. The number of aromatic nitrogens is 3. The standard InChI is InChI=1S/C21H18ClF3N4O4S/c22-19-15(20(30)28-34(31,32)14-4-2-1-3-5-14)6-7-17(26-19)29-10-8-18(27-29)33-11-9-13-12-16(13)21(23,24)25/h1-8,10,13,16H,9,11-12H2,(H,28,30). The maximum atomic E-state index is 12.6. The average molecular weight is 515 g/mol. The molecule has 2 atom stereocenters. The van der Waals surface area contributed by atoms with Crippen molar-refractivity contribution in [3.63, 3.8) is 0 Å². The largest absolute Gasteiger partial charge is 0.477 e. The molecule has 4 rings (SSSR count). The number of amides is 1. The molecular weight excluding hydrogens is 497 g/mol. The van der Waals surface area contributed by atoms with Crippen LogP contribution in [-0.4, -0.2) is 41.9 Å². The number of nitrogens with one attached hydrogen (secondary N) is 1. The lowest BCUT2D eigenvalue weighted by Crippen LogP contribution is -2.31. The summed E-state index contributed by atoms with van der Waals surface area (Å²) in [6.07, 6.45) is -2.26. The van der Waals surface area contributed by atoms with E-state index in [0.29, 0.717) is 0 Å². The Bertz CT molecular complexity index is 1300. The van der Waals surface area contributed by atoms with E-state index in [-0.39, 0.29) is 46.8 Å². The van der Waals surface area contributed by atoms with Crippen molar-refractivity contribution < 1.29 is 31.1 Å². The van der Waals surface area contributed by atoms with Crippen LogP contribution < -0.4 is 9.46 Å². The highest BCUT2D eigenvalue weighted by molar-refractivity contribution is 7.90. The number of carbonyl (C=O) groups excluding carboxylic acids is 1. The lowest BCUT2D eigenvalue weighted by Gasteiger charge is -2.09. The second kappa shape index (κ2) is 9.26. The summed E-state index contributed by atoms with van der Waals surface area (Å²) in [5.41, 5.74) is -0.155. The monoisotopic (exact) mass is 514 g/mol. The van der Waals surface area contributed by atoms with Gasteiger partial charge in [0.1, 0.15) is 5.15 Å². The van der Waals surface area contributed by atoms with Crippen molar-refractivity contribution in [1.82, 2.24) is 19.5 Å². The zero-order chi connectivity index (χ0) is 24.5. The summed E-state index contributed by atoms with van der Waals surface area (Å²) in [5.74, 6) is -2.21. The fourth-order valence-corrected chi connectivity index (χ4v) is 4.57. The minimum absolute atomic E-state index is 0.0799. The van der Waals surface area contributed by atoms with Gasteiger partial charge in [-0.25, -0.2) is 22.8 Å². The molecule has 0 saturated heterocycles. The first kappa shape index (κ1) is 24.0. The van der Waals surface area contributed by atoms with Gasteiger partial charge in [-0.2, -0.15) is 13.2 Å². The Morgan fingerprint density at radius 1 is 1.18 bits per heavy atom. The predicted molar refractivity (Wildman–Crippen MR) is 115 cm³/mol. The van der Waals surface area contributed by atoms with E-state index in [2.05, 4.69) is 10.1 Å². The minimum Gasteiger partial charge on any atom is -0.477 e. The summed E-state index contributed by atoms with van der Waals surface area (Å²) in [6, 6.07) is 11.6. The van der Waals surface area contributed by atoms with Crippen molar-refractivity contribution in [3.8, 4) is 11.7 Å². The zero-order valence-corrected chi connectivity index (χ0v) is 18.9. The molecule has 2 unspecified atom stereocenters. The highest BCUT2D eigenvalue weighted by atomic mass is 35.5. The highest BCUT2D eigenvalue weighted by Gasteiger charge is 2.55. The van der Waals surface area contributed by atoms with Crippen LogP contribution in [-0.2, 0) is 10.0 Å². The van der Waals surface area contributed by atoms with Crippen molar-refractivity contribution in [2.45, 2.75) is 23.9 Å². The Kier molecular flexibility index (Phi) is 6.54. The number of carbonyl (C=O) groups is 1. The molecule has 0 radical (unpaired) electrons. The molecule has 0 bridgehead atoms. The summed E-state index contributed by atoms with van der Waals surface area (Å²) < 4.78 is 71.1. The number of sulfonamides is 1. The number of alkyl halides is 3. The summed E-state index contributed by atoms with van der Waals surface area (Å²) in [6.45, 7) is 0.0947. The normalized spacial score (nSPS) is 17.9. The number of ether oxygens (including phenoxy) is 1. The molecule has 1 amide bonds. The van der Waals surface area contributed by atoms with Crippen LogP contribution in [0.1, 0.15) is 23.2 Å². The van der Waals surface area contributed by atoms with Crippen molar-refractivity contribution in [3.05, 3.63) is 65.4 Å². The van der Waals surface area contributed by atoms with E-state index in [4.69, 9.17) is 16.3 Å². The van der Waals surface area contributed by atoms with Crippen LogP contribution in [0.4, 0.5) is 13.2 Å². The second-order valence-corrected chi connectivity index (χ2v) is 9.68. The predicted octanol–water partition coefficient (Wildman–Crippen LogP) is 4.01. The summed E-state index contributed by atoms with van der Waals surface area (Å²) >= 11 is 6.10. The van der Waals surface area contributed by atoms with E-state index in [1.54, 1.807) is 6.07 Å². The van der Waals surface area contributed by atoms with Crippen molar-refractivity contribution in [2.24, 2.45) is 11.8 Å². The Morgan fingerprint density at radius 2 is 1.91 bits per heavy atom. The minimum atomic E-state index is -4.16. The molecule has 8 nitrogen and oxygen atoms in total. The number of nitrogens with zero attached hydrogens (tertiary/aromatic N) is 3. The molecule has 2 aromatic heterocycles. The highest BCUT2D eigenvalue weighted by Crippen LogP contribution is 2.51.